The molecule has 0 amide bonds. The van der Waals surface area contributed by atoms with Crippen LogP contribution < -0.4 is 0 Å². The first-order chi connectivity index (χ1) is 11.6. The van der Waals surface area contributed by atoms with E-state index in [4.69, 9.17) is 10.2 Å². The third kappa shape index (κ3) is 29.7. The van der Waals surface area contributed by atoms with Gasteiger partial charge in [-0.2, -0.15) is 0 Å². The van der Waals surface area contributed by atoms with Crippen molar-refractivity contribution in [1.29, 1.82) is 0 Å². The number of unbranched alkanes of at least 4 members (excludes halogenated alkanes) is 15. The van der Waals surface area contributed by atoms with Crippen LogP contribution in [0.15, 0.2) is 0 Å². The summed E-state index contributed by atoms with van der Waals surface area (Å²) in [4.78, 5) is 20.7. The SMILES string of the molecule is O=C(O)CCCCCCCCCCCCCCCCCCC(=O)O.[NaH].[NaH]. The molecule has 0 bridgehead atoms. The van der Waals surface area contributed by atoms with Gasteiger partial charge >= 0.3 is 71.1 Å². The molecule has 0 saturated heterocycles. The third-order valence-corrected chi connectivity index (χ3v) is 4.53. The summed E-state index contributed by atoms with van der Waals surface area (Å²) in [6.45, 7) is 0. The summed E-state index contributed by atoms with van der Waals surface area (Å²) in [5, 5.41) is 17.1. The van der Waals surface area contributed by atoms with Gasteiger partial charge < -0.3 is 10.2 Å². The van der Waals surface area contributed by atoms with Gasteiger partial charge in [-0.3, -0.25) is 9.59 Å². The molecule has 0 aromatic heterocycles. The molecule has 0 aliphatic heterocycles. The van der Waals surface area contributed by atoms with Crippen LogP contribution in [-0.4, -0.2) is 81.3 Å². The van der Waals surface area contributed by atoms with Crippen molar-refractivity contribution in [2.75, 3.05) is 0 Å². The zero-order valence-corrected chi connectivity index (χ0v) is 15.4. The minimum absolute atomic E-state index is 0. The average molecular weight is 391 g/mol. The Balaban J connectivity index is -0.00000264. The minimum atomic E-state index is -0.673. The Morgan fingerprint density at radius 1 is 0.385 bits per heavy atom. The number of hydrogen-bond acceptors (Lipinski definition) is 2. The van der Waals surface area contributed by atoms with E-state index >= 15 is 0 Å². The molecule has 2 N–H and O–H groups in total. The van der Waals surface area contributed by atoms with E-state index < -0.39 is 11.9 Å². The topological polar surface area (TPSA) is 74.6 Å². The number of aliphatic carboxylic acids is 2. The van der Waals surface area contributed by atoms with Crippen molar-refractivity contribution in [2.45, 2.75) is 116 Å². The molecule has 0 atom stereocenters. The maximum atomic E-state index is 10.4. The second-order valence-electron chi connectivity index (χ2n) is 6.94. The predicted octanol–water partition coefficient (Wildman–Crippen LogP) is 4.88. The van der Waals surface area contributed by atoms with Gasteiger partial charge in [0.25, 0.3) is 0 Å². The Morgan fingerprint density at radius 3 is 0.692 bits per heavy atom. The summed E-state index contributed by atoms with van der Waals surface area (Å²) in [6.07, 6.45) is 19.9. The fourth-order valence-electron chi connectivity index (χ4n) is 3.03. The van der Waals surface area contributed by atoms with Crippen molar-refractivity contribution in [1.82, 2.24) is 0 Å². The van der Waals surface area contributed by atoms with Gasteiger partial charge in [-0.05, 0) is 12.8 Å². The molecule has 26 heavy (non-hydrogen) atoms. The van der Waals surface area contributed by atoms with Crippen LogP contribution in [-0.2, 0) is 9.59 Å². The van der Waals surface area contributed by atoms with E-state index in [9.17, 15) is 9.59 Å². The molecular weight excluding hydrogens is 350 g/mol. The van der Waals surface area contributed by atoms with Crippen molar-refractivity contribution >= 4 is 71.1 Å². The van der Waals surface area contributed by atoms with Crippen molar-refractivity contribution in [3.63, 3.8) is 0 Å². The number of carboxylic acids is 2. The number of carbonyl (C=O) groups is 2. The van der Waals surface area contributed by atoms with Gasteiger partial charge in [0.2, 0.25) is 0 Å². The Bertz CT molecular complexity index is 282. The molecular formula is C20H40Na2O4. The first kappa shape index (κ1) is 31.6. The van der Waals surface area contributed by atoms with Gasteiger partial charge in [0.15, 0.2) is 0 Å². The van der Waals surface area contributed by atoms with E-state index in [-0.39, 0.29) is 59.1 Å². The molecule has 0 aromatic carbocycles. The standard InChI is InChI=1S/C20H38O4.2Na.2H/c21-19(22)17-15-13-11-9-7-5-3-1-2-4-6-8-10-12-14-16-18-20(23)24;;;;/h1-18H2,(H,21,22)(H,23,24);;;;. The van der Waals surface area contributed by atoms with Crippen LogP contribution in [0.25, 0.3) is 0 Å². The molecule has 0 unspecified atom stereocenters. The van der Waals surface area contributed by atoms with Gasteiger partial charge in [0, 0.05) is 12.8 Å². The second-order valence-corrected chi connectivity index (χ2v) is 6.94. The van der Waals surface area contributed by atoms with E-state index in [1.807, 2.05) is 0 Å². The summed E-state index contributed by atoms with van der Waals surface area (Å²) in [7, 11) is 0. The first-order valence-electron chi connectivity index (χ1n) is 10.1. The first-order valence-corrected chi connectivity index (χ1v) is 10.1. The zero-order valence-electron chi connectivity index (χ0n) is 15.4. The summed E-state index contributed by atoms with van der Waals surface area (Å²) >= 11 is 0. The summed E-state index contributed by atoms with van der Waals surface area (Å²) in [6, 6.07) is 0. The Morgan fingerprint density at radius 2 is 0.538 bits per heavy atom. The van der Waals surface area contributed by atoms with Crippen LogP contribution in [0.1, 0.15) is 116 Å². The Labute approximate surface area is 204 Å². The molecule has 0 aliphatic carbocycles. The quantitative estimate of drug-likeness (QED) is 0.243. The fourth-order valence-corrected chi connectivity index (χ4v) is 3.03. The van der Waals surface area contributed by atoms with Gasteiger partial charge in [-0.25, -0.2) is 0 Å². The Hall–Kier alpha value is 0.940. The van der Waals surface area contributed by atoms with Crippen LogP contribution >= 0.6 is 0 Å². The van der Waals surface area contributed by atoms with E-state index in [0.717, 1.165) is 25.7 Å². The molecule has 0 aromatic rings. The van der Waals surface area contributed by atoms with Crippen LogP contribution in [0.3, 0.4) is 0 Å². The fraction of sp³-hybridized carbons (Fsp3) is 0.900. The second kappa shape index (κ2) is 25.9. The summed E-state index contributed by atoms with van der Waals surface area (Å²) in [5.41, 5.74) is 0. The zero-order chi connectivity index (χ0) is 17.9. The molecule has 0 heterocycles. The van der Waals surface area contributed by atoms with Gasteiger partial charge in [-0.15, -0.1) is 0 Å². The Kier molecular flexibility index (Phi) is 31.6. The van der Waals surface area contributed by atoms with Crippen molar-refractivity contribution < 1.29 is 19.8 Å². The average Bonchev–Trinajstić information content (AvgIpc) is 2.53. The van der Waals surface area contributed by atoms with Gasteiger partial charge in [0.1, 0.15) is 0 Å². The molecule has 0 spiro atoms. The number of hydrogen-bond donors (Lipinski definition) is 2. The molecule has 0 aliphatic rings. The monoisotopic (exact) mass is 390 g/mol. The van der Waals surface area contributed by atoms with Crippen LogP contribution in [0.2, 0.25) is 0 Å². The predicted molar refractivity (Wildman–Crippen MR) is 113 cm³/mol. The maximum absolute atomic E-state index is 10.4. The molecule has 0 radical (unpaired) electrons. The van der Waals surface area contributed by atoms with Crippen molar-refractivity contribution in [3.05, 3.63) is 0 Å². The van der Waals surface area contributed by atoms with Gasteiger partial charge in [0.05, 0.1) is 0 Å². The summed E-state index contributed by atoms with van der Waals surface area (Å²) < 4.78 is 0. The van der Waals surface area contributed by atoms with Crippen molar-refractivity contribution in [2.24, 2.45) is 0 Å². The van der Waals surface area contributed by atoms with Crippen LogP contribution in [0.5, 0.6) is 0 Å². The number of carboxylic acid groups (broad SMARTS) is 2. The molecule has 146 valence electrons. The van der Waals surface area contributed by atoms with E-state index in [1.54, 1.807) is 0 Å². The molecule has 0 rings (SSSR count). The third-order valence-electron chi connectivity index (χ3n) is 4.53. The van der Waals surface area contributed by atoms with E-state index in [2.05, 4.69) is 0 Å². The van der Waals surface area contributed by atoms with Crippen molar-refractivity contribution in [3.8, 4) is 0 Å². The van der Waals surface area contributed by atoms with Crippen LogP contribution in [0, 0.1) is 0 Å². The van der Waals surface area contributed by atoms with E-state index in [1.165, 1.54) is 77.0 Å². The van der Waals surface area contributed by atoms with Gasteiger partial charge in [-0.1, -0.05) is 89.9 Å². The molecule has 4 nitrogen and oxygen atoms in total. The summed E-state index contributed by atoms with van der Waals surface area (Å²) in [5.74, 6) is -1.35. The number of rotatable bonds is 19. The van der Waals surface area contributed by atoms with E-state index in [0.29, 0.717) is 12.8 Å². The van der Waals surface area contributed by atoms with Crippen LogP contribution in [0.4, 0.5) is 0 Å². The molecule has 6 heteroatoms. The normalized spacial score (nSPS) is 10.0. The molecule has 0 saturated carbocycles. The molecule has 0 fully saturated rings.